The SMILES string of the molecule is CC(C)(C)OC(=O)NC(CN)c1ccoc1. The summed E-state index contributed by atoms with van der Waals surface area (Å²) in [5.74, 6) is 0. The molecule has 0 saturated heterocycles. The number of alkyl carbamates (subject to hydrolysis) is 1. The van der Waals surface area contributed by atoms with E-state index in [1.54, 1.807) is 12.3 Å². The minimum atomic E-state index is -0.514. The number of nitrogens with one attached hydrogen (secondary N) is 1. The molecule has 1 heterocycles. The maximum absolute atomic E-state index is 11.5. The fourth-order valence-corrected chi connectivity index (χ4v) is 1.20. The summed E-state index contributed by atoms with van der Waals surface area (Å²) in [5.41, 5.74) is 5.88. The van der Waals surface area contributed by atoms with Gasteiger partial charge in [0.25, 0.3) is 0 Å². The van der Waals surface area contributed by atoms with Crippen molar-refractivity contribution in [2.75, 3.05) is 6.54 Å². The Morgan fingerprint density at radius 1 is 1.62 bits per heavy atom. The zero-order valence-electron chi connectivity index (χ0n) is 9.82. The number of ether oxygens (including phenoxy) is 1. The average molecular weight is 226 g/mol. The van der Waals surface area contributed by atoms with Gasteiger partial charge in [-0.15, -0.1) is 0 Å². The van der Waals surface area contributed by atoms with E-state index < -0.39 is 11.7 Å². The number of carbonyl (C=O) groups is 1. The molecule has 1 unspecified atom stereocenters. The maximum atomic E-state index is 11.5. The fraction of sp³-hybridized carbons (Fsp3) is 0.545. The Bertz CT molecular complexity index is 327. The van der Waals surface area contributed by atoms with E-state index in [4.69, 9.17) is 14.9 Å². The van der Waals surface area contributed by atoms with Crippen LogP contribution in [-0.4, -0.2) is 18.2 Å². The third-order valence-corrected chi connectivity index (χ3v) is 1.87. The van der Waals surface area contributed by atoms with Crippen LogP contribution in [0.15, 0.2) is 23.0 Å². The molecule has 1 atom stereocenters. The van der Waals surface area contributed by atoms with Crippen molar-refractivity contribution in [1.82, 2.24) is 5.32 Å². The smallest absolute Gasteiger partial charge is 0.408 e. The van der Waals surface area contributed by atoms with Crippen molar-refractivity contribution < 1.29 is 13.9 Å². The van der Waals surface area contributed by atoms with Gasteiger partial charge in [0.15, 0.2) is 0 Å². The van der Waals surface area contributed by atoms with E-state index in [1.807, 2.05) is 20.8 Å². The first kappa shape index (κ1) is 12.6. The van der Waals surface area contributed by atoms with Crippen LogP contribution < -0.4 is 11.1 Å². The second-order valence-corrected chi connectivity index (χ2v) is 4.49. The first-order valence-corrected chi connectivity index (χ1v) is 5.14. The third kappa shape index (κ3) is 3.94. The second kappa shape index (κ2) is 5.03. The first-order chi connectivity index (χ1) is 7.42. The molecule has 16 heavy (non-hydrogen) atoms. The van der Waals surface area contributed by atoms with Gasteiger partial charge < -0.3 is 20.2 Å². The molecule has 0 aliphatic rings. The molecule has 1 aromatic heterocycles. The molecule has 5 heteroatoms. The largest absolute Gasteiger partial charge is 0.472 e. The maximum Gasteiger partial charge on any atom is 0.408 e. The number of hydrogen-bond acceptors (Lipinski definition) is 4. The van der Waals surface area contributed by atoms with Crippen molar-refractivity contribution in [3.63, 3.8) is 0 Å². The third-order valence-electron chi connectivity index (χ3n) is 1.87. The van der Waals surface area contributed by atoms with E-state index in [-0.39, 0.29) is 6.04 Å². The molecule has 1 amide bonds. The Hall–Kier alpha value is -1.49. The Labute approximate surface area is 94.9 Å². The van der Waals surface area contributed by atoms with Crippen LogP contribution in [0.25, 0.3) is 0 Å². The first-order valence-electron chi connectivity index (χ1n) is 5.14. The van der Waals surface area contributed by atoms with E-state index >= 15 is 0 Å². The molecular formula is C11H18N2O3. The van der Waals surface area contributed by atoms with Crippen LogP contribution in [0.2, 0.25) is 0 Å². The van der Waals surface area contributed by atoms with Crippen molar-refractivity contribution in [1.29, 1.82) is 0 Å². The summed E-state index contributed by atoms with van der Waals surface area (Å²) in [6.07, 6.45) is 2.60. The van der Waals surface area contributed by atoms with Gasteiger partial charge in [-0.25, -0.2) is 4.79 Å². The lowest BCUT2D eigenvalue weighted by Gasteiger charge is -2.22. The molecule has 1 rings (SSSR count). The second-order valence-electron chi connectivity index (χ2n) is 4.49. The topological polar surface area (TPSA) is 77.5 Å². The minimum Gasteiger partial charge on any atom is -0.472 e. The molecule has 0 saturated carbocycles. The van der Waals surface area contributed by atoms with Crippen LogP contribution in [0.1, 0.15) is 32.4 Å². The summed E-state index contributed by atoms with van der Waals surface area (Å²) in [4.78, 5) is 11.5. The Kier molecular flexibility index (Phi) is 3.95. The minimum absolute atomic E-state index is 0.284. The molecule has 5 nitrogen and oxygen atoms in total. The summed E-state index contributed by atoms with van der Waals surface area (Å²) in [6, 6.07) is 1.48. The highest BCUT2D eigenvalue weighted by molar-refractivity contribution is 5.68. The molecule has 0 radical (unpaired) electrons. The van der Waals surface area contributed by atoms with Gasteiger partial charge in [0.2, 0.25) is 0 Å². The van der Waals surface area contributed by atoms with Gasteiger partial charge in [0, 0.05) is 12.1 Å². The quantitative estimate of drug-likeness (QED) is 0.823. The molecule has 0 aliphatic heterocycles. The van der Waals surface area contributed by atoms with E-state index in [0.717, 1.165) is 5.56 Å². The number of hydrogen-bond donors (Lipinski definition) is 2. The molecule has 0 fully saturated rings. The van der Waals surface area contributed by atoms with Gasteiger partial charge in [-0.2, -0.15) is 0 Å². The number of rotatable bonds is 3. The zero-order chi connectivity index (χ0) is 12.2. The monoisotopic (exact) mass is 226 g/mol. The Morgan fingerprint density at radius 3 is 2.75 bits per heavy atom. The van der Waals surface area contributed by atoms with Crippen LogP contribution in [0, 0.1) is 0 Å². The van der Waals surface area contributed by atoms with Crippen LogP contribution in [0.3, 0.4) is 0 Å². The summed E-state index contributed by atoms with van der Waals surface area (Å²) in [7, 11) is 0. The molecular weight excluding hydrogens is 208 g/mol. The molecule has 0 spiro atoms. The lowest BCUT2D eigenvalue weighted by atomic mass is 10.1. The van der Waals surface area contributed by atoms with Gasteiger partial charge in [-0.1, -0.05) is 0 Å². The van der Waals surface area contributed by atoms with Crippen molar-refractivity contribution in [2.45, 2.75) is 32.4 Å². The average Bonchev–Trinajstić information content (AvgIpc) is 2.63. The molecule has 0 aromatic carbocycles. The summed E-state index contributed by atoms with van der Waals surface area (Å²) in [6.45, 7) is 5.71. The van der Waals surface area contributed by atoms with Gasteiger partial charge >= 0.3 is 6.09 Å². The van der Waals surface area contributed by atoms with Gasteiger partial charge in [0.05, 0.1) is 18.6 Å². The van der Waals surface area contributed by atoms with E-state index in [1.165, 1.54) is 6.26 Å². The molecule has 90 valence electrons. The summed E-state index contributed by atoms with van der Waals surface area (Å²) >= 11 is 0. The van der Waals surface area contributed by atoms with Crippen LogP contribution >= 0.6 is 0 Å². The fourth-order valence-electron chi connectivity index (χ4n) is 1.20. The number of furan rings is 1. The standard InChI is InChI=1S/C11H18N2O3/c1-11(2,3)16-10(14)13-9(6-12)8-4-5-15-7-8/h4-5,7,9H,6,12H2,1-3H3,(H,13,14). The van der Waals surface area contributed by atoms with Gasteiger partial charge in [-0.3, -0.25) is 0 Å². The van der Waals surface area contributed by atoms with E-state index in [9.17, 15) is 4.79 Å². The highest BCUT2D eigenvalue weighted by atomic mass is 16.6. The Balaban J connectivity index is 2.55. The van der Waals surface area contributed by atoms with Crippen molar-refractivity contribution in [2.24, 2.45) is 5.73 Å². The van der Waals surface area contributed by atoms with Crippen LogP contribution in [0.4, 0.5) is 4.79 Å². The van der Waals surface area contributed by atoms with Gasteiger partial charge in [0.1, 0.15) is 5.60 Å². The summed E-state index contributed by atoms with van der Waals surface area (Å²) < 4.78 is 10.1. The van der Waals surface area contributed by atoms with Crippen LogP contribution in [0.5, 0.6) is 0 Å². The van der Waals surface area contributed by atoms with Crippen LogP contribution in [-0.2, 0) is 4.74 Å². The van der Waals surface area contributed by atoms with E-state index in [0.29, 0.717) is 6.54 Å². The summed E-state index contributed by atoms with van der Waals surface area (Å²) in [5, 5.41) is 2.68. The highest BCUT2D eigenvalue weighted by Gasteiger charge is 2.20. The predicted molar refractivity (Wildman–Crippen MR) is 59.9 cm³/mol. The van der Waals surface area contributed by atoms with Crippen molar-refractivity contribution in [3.8, 4) is 0 Å². The van der Waals surface area contributed by atoms with E-state index in [2.05, 4.69) is 5.32 Å². The van der Waals surface area contributed by atoms with Crippen molar-refractivity contribution >= 4 is 6.09 Å². The van der Waals surface area contributed by atoms with Gasteiger partial charge in [-0.05, 0) is 26.8 Å². The highest BCUT2D eigenvalue weighted by Crippen LogP contribution is 2.13. The number of nitrogens with two attached hydrogens (primary N) is 1. The lowest BCUT2D eigenvalue weighted by Crippen LogP contribution is -2.37. The molecule has 1 aromatic rings. The molecule has 3 N–H and O–H groups in total. The normalized spacial score (nSPS) is 13.2. The predicted octanol–water partition coefficient (Wildman–Crippen LogP) is 1.80. The Morgan fingerprint density at radius 2 is 2.31 bits per heavy atom. The van der Waals surface area contributed by atoms with Crippen molar-refractivity contribution in [3.05, 3.63) is 24.2 Å². The number of amides is 1. The molecule has 0 bridgehead atoms. The number of carbonyl (C=O) groups excluding carboxylic acids is 1. The molecule has 0 aliphatic carbocycles. The lowest BCUT2D eigenvalue weighted by molar-refractivity contribution is 0.0505. The zero-order valence-corrected chi connectivity index (χ0v) is 9.82.